The zero-order chi connectivity index (χ0) is 12.3. The van der Waals surface area contributed by atoms with Crippen molar-refractivity contribution in [1.29, 1.82) is 0 Å². The highest BCUT2D eigenvalue weighted by atomic mass is 32.2. The normalized spacial score (nSPS) is 19.9. The number of hydrogen-bond acceptors (Lipinski definition) is 3. The van der Waals surface area contributed by atoms with Crippen molar-refractivity contribution < 1.29 is 4.39 Å². The second kappa shape index (κ2) is 5.54. The average molecular weight is 252 g/mol. The topological polar surface area (TPSA) is 24.4 Å². The van der Waals surface area contributed by atoms with Gasteiger partial charge in [-0.05, 0) is 37.5 Å². The van der Waals surface area contributed by atoms with E-state index in [1.165, 1.54) is 6.07 Å². The molecule has 1 aliphatic heterocycles. The molecule has 1 aromatic carbocycles. The summed E-state index contributed by atoms with van der Waals surface area (Å²) in [7, 11) is 0. The smallest absolute Gasteiger partial charge is 0.161 e. The van der Waals surface area contributed by atoms with Crippen molar-refractivity contribution >= 4 is 22.6 Å². The van der Waals surface area contributed by atoms with Crippen LogP contribution in [0.25, 0.3) is 0 Å². The third-order valence-corrected chi connectivity index (χ3v) is 3.75. The van der Waals surface area contributed by atoms with Gasteiger partial charge < -0.3 is 5.32 Å². The molecule has 1 atom stereocenters. The molecule has 1 aliphatic rings. The Bertz CT molecular complexity index is 431. The fraction of sp³-hybridized carbons (Fsp3) is 0.462. The molecule has 0 aliphatic carbocycles. The van der Waals surface area contributed by atoms with Crippen molar-refractivity contribution in [2.45, 2.75) is 32.7 Å². The number of hydrogen-bond donors (Lipinski definition) is 1. The molecule has 1 N–H and O–H groups in total. The molecule has 0 saturated heterocycles. The van der Waals surface area contributed by atoms with Crippen LogP contribution in [-0.2, 0) is 0 Å². The van der Waals surface area contributed by atoms with E-state index in [2.05, 4.69) is 17.2 Å². The lowest BCUT2D eigenvalue weighted by Gasteiger charge is -2.19. The van der Waals surface area contributed by atoms with Gasteiger partial charge in [-0.2, -0.15) is 0 Å². The number of nitrogens with zero attached hydrogens (tertiary/aromatic N) is 1. The first kappa shape index (κ1) is 12.4. The third-order valence-electron chi connectivity index (χ3n) is 2.82. The Morgan fingerprint density at radius 1 is 1.53 bits per heavy atom. The van der Waals surface area contributed by atoms with Crippen molar-refractivity contribution in [3.63, 3.8) is 0 Å². The Labute approximate surface area is 106 Å². The number of benzene rings is 1. The summed E-state index contributed by atoms with van der Waals surface area (Å²) in [6.07, 6.45) is 2.16. The second-order valence-electron chi connectivity index (χ2n) is 4.24. The lowest BCUT2D eigenvalue weighted by Crippen LogP contribution is -2.20. The van der Waals surface area contributed by atoms with E-state index in [9.17, 15) is 4.39 Å². The molecule has 0 saturated carbocycles. The van der Waals surface area contributed by atoms with E-state index in [0.717, 1.165) is 29.3 Å². The van der Waals surface area contributed by atoms with Crippen LogP contribution in [0.3, 0.4) is 0 Å². The van der Waals surface area contributed by atoms with E-state index in [1.807, 2.05) is 13.0 Å². The zero-order valence-electron chi connectivity index (χ0n) is 10.2. The molecule has 0 fully saturated rings. The van der Waals surface area contributed by atoms with E-state index in [-0.39, 0.29) is 5.82 Å². The van der Waals surface area contributed by atoms with Crippen LogP contribution >= 0.6 is 11.8 Å². The number of halogens is 1. The van der Waals surface area contributed by atoms with Crippen LogP contribution in [0, 0.1) is 12.7 Å². The minimum atomic E-state index is -0.225. The Morgan fingerprint density at radius 3 is 3.12 bits per heavy atom. The maximum absolute atomic E-state index is 13.6. The molecule has 2 nitrogen and oxygen atoms in total. The number of nitrogens with one attached hydrogen (secondary N) is 1. The molecule has 1 unspecified atom stereocenters. The zero-order valence-corrected chi connectivity index (χ0v) is 11.0. The highest BCUT2D eigenvalue weighted by molar-refractivity contribution is 8.14. The van der Waals surface area contributed by atoms with Gasteiger partial charge in [-0.3, -0.25) is 4.99 Å². The lowest BCUT2D eigenvalue weighted by molar-refractivity contribution is 0.629. The standard InChI is InChI=1S/C13H17FN2S/c1-3-10-6-7-17-13(15-10)16-12-8-9(2)4-5-11(12)14/h4-5,8,10H,3,6-7H2,1-2H3,(H,15,16). The molecular formula is C13H17FN2S. The molecule has 0 bridgehead atoms. The predicted octanol–water partition coefficient (Wildman–Crippen LogP) is 3.82. The Balaban J connectivity index is 2.15. The van der Waals surface area contributed by atoms with Crippen molar-refractivity contribution in [2.24, 2.45) is 4.99 Å². The number of anilines is 1. The van der Waals surface area contributed by atoms with Crippen molar-refractivity contribution in [3.8, 4) is 0 Å². The number of aliphatic imine (C=N–C) groups is 1. The highest BCUT2D eigenvalue weighted by Crippen LogP contribution is 2.23. The first-order chi connectivity index (χ1) is 8.19. The Morgan fingerprint density at radius 2 is 2.35 bits per heavy atom. The predicted molar refractivity (Wildman–Crippen MR) is 73.3 cm³/mol. The van der Waals surface area contributed by atoms with Gasteiger partial charge in [-0.15, -0.1) is 0 Å². The van der Waals surface area contributed by atoms with Gasteiger partial charge in [0.1, 0.15) is 5.82 Å². The molecule has 0 amide bonds. The maximum atomic E-state index is 13.6. The summed E-state index contributed by atoms with van der Waals surface area (Å²) in [6, 6.07) is 5.45. The van der Waals surface area contributed by atoms with Crippen LogP contribution in [0.1, 0.15) is 25.3 Å². The largest absolute Gasteiger partial charge is 0.333 e. The van der Waals surface area contributed by atoms with Gasteiger partial charge in [-0.1, -0.05) is 24.8 Å². The second-order valence-corrected chi connectivity index (χ2v) is 5.33. The van der Waals surface area contributed by atoms with Gasteiger partial charge >= 0.3 is 0 Å². The molecule has 4 heteroatoms. The first-order valence-corrected chi connectivity index (χ1v) is 6.91. The summed E-state index contributed by atoms with van der Waals surface area (Å²) in [4.78, 5) is 4.57. The minimum Gasteiger partial charge on any atom is -0.333 e. The first-order valence-electron chi connectivity index (χ1n) is 5.93. The summed E-state index contributed by atoms with van der Waals surface area (Å²) in [5.41, 5.74) is 1.57. The van der Waals surface area contributed by atoms with Crippen molar-refractivity contribution in [3.05, 3.63) is 29.6 Å². The van der Waals surface area contributed by atoms with Crippen LogP contribution in [0.15, 0.2) is 23.2 Å². The van der Waals surface area contributed by atoms with Gasteiger partial charge in [-0.25, -0.2) is 4.39 Å². The van der Waals surface area contributed by atoms with E-state index in [0.29, 0.717) is 11.7 Å². The number of thioether (sulfide) groups is 1. The van der Waals surface area contributed by atoms with Gasteiger partial charge in [0.2, 0.25) is 0 Å². The van der Waals surface area contributed by atoms with Gasteiger partial charge in [0, 0.05) is 5.75 Å². The van der Waals surface area contributed by atoms with E-state index < -0.39 is 0 Å². The lowest BCUT2D eigenvalue weighted by atomic mass is 10.2. The summed E-state index contributed by atoms with van der Waals surface area (Å²) in [6.45, 7) is 4.09. The molecule has 0 spiro atoms. The van der Waals surface area contributed by atoms with Crippen LogP contribution in [-0.4, -0.2) is 17.0 Å². The fourth-order valence-corrected chi connectivity index (χ4v) is 2.76. The van der Waals surface area contributed by atoms with Gasteiger partial charge in [0.25, 0.3) is 0 Å². The summed E-state index contributed by atoms with van der Waals surface area (Å²) in [5, 5.41) is 3.93. The SMILES string of the molecule is CCC1CCSC(Nc2cc(C)ccc2F)=N1. The number of aryl methyl sites for hydroxylation is 1. The average Bonchev–Trinajstić information content (AvgIpc) is 2.34. The summed E-state index contributed by atoms with van der Waals surface area (Å²) >= 11 is 1.66. The molecule has 1 aromatic rings. The summed E-state index contributed by atoms with van der Waals surface area (Å²) < 4.78 is 13.6. The van der Waals surface area contributed by atoms with Crippen molar-refractivity contribution in [2.75, 3.05) is 11.1 Å². The fourth-order valence-electron chi connectivity index (χ4n) is 1.77. The van der Waals surface area contributed by atoms with Crippen LogP contribution in [0.5, 0.6) is 0 Å². The molecule has 0 aromatic heterocycles. The van der Waals surface area contributed by atoms with E-state index >= 15 is 0 Å². The van der Waals surface area contributed by atoms with Crippen molar-refractivity contribution in [1.82, 2.24) is 0 Å². The quantitative estimate of drug-likeness (QED) is 0.865. The van der Waals surface area contributed by atoms with E-state index in [4.69, 9.17) is 0 Å². The Kier molecular flexibility index (Phi) is 4.05. The highest BCUT2D eigenvalue weighted by Gasteiger charge is 2.15. The minimum absolute atomic E-state index is 0.225. The summed E-state index contributed by atoms with van der Waals surface area (Å²) in [5.74, 6) is 0.829. The molecular weight excluding hydrogens is 235 g/mol. The molecule has 1 heterocycles. The van der Waals surface area contributed by atoms with Gasteiger partial charge in [0.05, 0.1) is 11.7 Å². The van der Waals surface area contributed by atoms with Crippen LogP contribution in [0.4, 0.5) is 10.1 Å². The van der Waals surface area contributed by atoms with E-state index in [1.54, 1.807) is 17.8 Å². The molecule has 2 rings (SSSR count). The molecule has 0 radical (unpaired) electrons. The van der Waals surface area contributed by atoms with Gasteiger partial charge in [0.15, 0.2) is 5.17 Å². The third kappa shape index (κ3) is 3.22. The maximum Gasteiger partial charge on any atom is 0.161 e. The Hall–Kier alpha value is -1.03. The number of rotatable bonds is 2. The molecule has 17 heavy (non-hydrogen) atoms. The van der Waals surface area contributed by atoms with Crippen LogP contribution < -0.4 is 5.32 Å². The molecule has 92 valence electrons. The van der Waals surface area contributed by atoms with Crippen LogP contribution in [0.2, 0.25) is 0 Å². The monoisotopic (exact) mass is 252 g/mol. The number of amidine groups is 1.